The van der Waals surface area contributed by atoms with Crippen LogP contribution >= 0.6 is 0 Å². The van der Waals surface area contributed by atoms with Crippen molar-refractivity contribution in [2.45, 2.75) is 45.5 Å². The summed E-state index contributed by atoms with van der Waals surface area (Å²) in [5.41, 5.74) is 0. The van der Waals surface area contributed by atoms with Crippen LogP contribution in [0.2, 0.25) is 25.7 Å². The average Bonchev–Trinajstić information content (AvgIpc) is 2.01. The van der Waals surface area contributed by atoms with Gasteiger partial charge in [0, 0.05) is 21.2 Å². The van der Waals surface area contributed by atoms with Crippen molar-refractivity contribution in [2.75, 3.05) is 13.1 Å². The minimum absolute atomic E-state index is 0.691. The molecule has 1 N–H and O–H groups in total. The van der Waals surface area contributed by atoms with Crippen molar-refractivity contribution in [2.24, 2.45) is 0 Å². The lowest BCUT2D eigenvalue weighted by molar-refractivity contribution is 0.147. The third kappa shape index (κ3) is 6.94. The van der Waals surface area contributed by atoms with Crippen molar-refractivity contribution in [3.05, 3.63) is 0 Å². The molecule has 0 saturated heterocycles. The molecule has 84 valence electrons. The van der Waals surface area contributed by atoms with Gasteiger partial charge in [0.2, 0.25) is 0 Å². The summed E-state index contributed by atoms with van der Waals surface area (Å²) in [5, 5.41) is 8.94. The molecular formula is C10H23NO2Si. The molecule has 0 aromatic heterocycles. The van der Waals surface area contributed by atoms with Gasteiger partial charge in [0.1, 0.15) is 0 Å². The Labute approximate surface area is 88.1 Å². The van der Waals surface area contributed by atoms with E-state index in [2.05, 4.69) is 26.6 Å². The van der Waals surface area contributed by atoms with Gasteiger partial charge >= 0.3 is 6.09 Å². The molecule has 0 heterocycles. The largest absolute Gasteiger partial charge is 0.465 e. The molecule has 0 aromatic rings. The molecule has 0 saturated carbocycles. The zero-order valence-corrected chi connectivity index (χ0v) is 10.8. The van der Waals surface area contributed by atoms with E-state index in [9.17, 15) is 4.79 Å². The van der Waals surface area contributed by atoms with Crippen molar-refractivity contribution < 1.29 is 9.90 Å². The number of unbranched alkanes of at least 4 members (excludes halogenated alkanes) is 1. The van der Waals surface area contributed by atoms with E-state index in [4.69, 9.17) is 5.11 Å². The number of amides is 1. The summed E-state index contributed by atoms with van der Waals surface area (Å²) in [6.45, 7) is 10.3. The third-order valence-corrected chi connectivity index (χ3v) is 3.91. The van der Waals surface area contributed by atoms with Crippen LogP contribution in [0, 0.1) is 0 Å². The van der Waals surface area contributed by atoms with Gasteiger partial charge in [0.05, 0.1) is 0 Å². The van der Waals surface area contributed by atoms with Gasteiger partial charge < -0.3 is 10.0 Å². The number of carboxylic acid groups (broad SMARTS) is 1. The summed E-state index contributed by atoms with van der Waals surface area (Å²) >= 11 is 0. The first-order valence-corrected chi connectivity index (χ1v) is 9.05. The van der Waals surface area contributed by atoms with Crippen molar-refractivity contribution in [1.29, 1.82) is 0 Å². The zero-order valence-electron chi connectivity index (χ0n) is 9.84. The van der Waals surface area contributed by atoms with Crippen LogP contribution in [0.15, 0.2) is 0 Å². The molecule has 0 aromatic carbocycles. The molecular weight excluding hydrogens is 194 g/mol. The van der Waals surface area contributed by atoms with Gasteiger partial charge in [0.25, 0.3) is 0 Å². The van der Waals surface area contributed by atoms with E-state index in [0.717, 1.165) is 18.9 Å². The van der Waals surface area contributed by atoms with Crippen LogP contribution in [0.4, 0.5) is 4.79 Å². The van der Waals surface area contributed by atoms with Gasteiger partial charge in [-0.15, -0.1) is 0 Å². The average molecular weight is 217 g/mol. The Morgan fingerprint density at radius 3 is 2.21 bits per heavy atom. The Kier molecular flexibility index (Phi) is 5.84. The maximum Gasteiger partial charge on any atom is 0.407 e. The monoisotopic (exact) mass is 217 g/mol. The lowest BCUT2D eigenvalue weighted by Gasteiger charge is -2.23. The third-order valence-electron chi connectivity index (χ3n) is 2.18. The highest BCUT2D eigenvalue weighted by Crippen LogP contribution is 2.09. The first-order chi connectivity index (χ1) is 6.37. The second kappa shape index (κ2) is 6.06. The molecule has 0 radical (unpaired) electrons. The molecule has 0 fully saturated rings. The van der Waals surface area contributed by atoms with E-state index < -0.39 is 14.2 Å². The number of carbonyl (C=O) groups is 1. The van der Waals surface area contributed by atoms with Crippen molar-refractivity contribution in [3.63, 3.8) is 0 Å². The van der Waals surface area contributed by atoms with Gasteiger partial charge in [0.15, 0.2) is 0 Å². The topological polar surface area (TPSA) is 40.5 Å². The lowest BCUT2D eigenvalue weighted by Crippen LogP contribution is -2.35. The van der Waals surface area contributed by atoms with Crippen molar-refractivity contribution >= 4 is 14.2 Å². The van der Waals surface area contributed by atoms with Gasteiger partial charge in [-0.05, 0) is 12.5 Å². The van der Waals surface area contributed by atoms with Crippen LogP contribution in [0.3, 0.4) is 0 Å². The minimum Gasteiger partial charge on any atom is -0.465 e. The second-order valence-corrected chi connectivity index (χ2v) is 10.6. The number of rotatable bonds is 6. The van der Waals surface area contributed by atoms with E-state index in [1.165, 1.54) is 0 Å². The van der Waals surface area contributed by atoms with Gasteiger partial charge in [-0.2, -0.15) is 0 Å². The summed E-state index contributed by atoms with van der Waals surface area (Å²) < 4.78 is 0. The molecule has 0 unspecified atom stereocenters. The molecule has 0 aliphatic carbocycles. The van der Waals surface area contributed by atoms with E-state index in [1.807, 2.05) is 0 Å². The van der Waals surface area contributed by atoms with E-state index in [-0.39, 0.29) is 0 Å². The summed E-state index contributed by atoms with van der Waals surface area (Å²) in [6, 6.07) is 1.06. The molecule has 1 amide bonds. The Balaban J connectivity index is 3.91. The molecule has 0 spiro atoms. The maximum atomic E-state index is 10.9. The first-order valence-electron chi connectivity index (χ1n) is 5.34. The molecule has 0 bridgehead atoms. The fraction of sp³-hybridized carbons (Fsp3) is 0.900. The summed E-state index contributed by atoms with van der Waals surface area (Å²) in [5.74, 6) is 0. The number of hydrogen-bond acceptors (Lipinski definition) is 1. The molecule has 0 atom stereocenters. The summed E-state index contributed by atoms with van der Waals surface area (Å²) in [4.78, 5) is 12.4. The molecule has 4 heteroatoms. The second-order valence-electron chi connectivity index (χ2n) is 4.93. The Morgan fingerprint density at radius 2 is 1.86 bits per heavy atom. The van der Waals surface area contributed by atoms with Crippen LogP contribution < -0.4 is 0 Å². The Bertz CT molecular complexity index is 177. The minimum atomic E-state index is -1.11. The van der Waals surface area contributed by atoms with E-state index in [0.29, 0.717) is 13.1 Å². The fourth-order valence-corrected chi connectivity index (χ4v) is 2.06. The first kappa shape index (κ1) is 13.5. The van der Waals surface area contributed by atoms with Gasteiger partial charge in [-0.1, -0.05) is 33.0 Å². The molecule has 14 heavy (non-hydrogen) atoms. The Hall–Kier alpha value is -0.513. The van der Waals surface area contributed by atoms with Crippen LogP contribution in [-0.4, -0.2) is 37.3 Å². The predicted molar refractivity (Wildman–Crippen MR) is 62.7 cm³/mol. The summed E-state index contributed by atoms with van der Waals surface area (Å²) in [7, 11) is -1.11. The van der Waals surface area contributed by atoms with Crippen molar-refractivity contribution in [1.82, 2.24) is 4.90 Å². The summed E-state index contributed by atoms with van der Waals surface area (Å²) in [6.07, 6.45) is 1.26. The number of nitrogens with zero attached hydrogens (tertiary/aromatic N) is 1. The number of hydrogen-bond donors (Lipinski definition) is 1. The normalized spacial score (nSPS) is 11.4. The quantitative estimate of drug-likeness (QED) is 0.694. The highest BCUT2D eigenvalue weighted by molar-refractivity contribution is 6.76. The fourth-order valence-electron chi connectivity index (χ4n) is 1.12. The molecule has 0 aliphatic heterocycles. The molecule has 3 nitrogen and oxygen atoms in total. The lowest BCUT2D eigenvalue weighted by atomic mass is 10.3. The smallest absolute Gasteiger partial charge is 0.407 e. The van der Waals surface area contributed by atoms with Gasteiger partial charge in [-0.3, -0.25) is 0 Å². The maximum absolute atomic E-state index is 10.9. The SMILES string of the molecule is CCCCN(CC[Si](C)(C)C)C(=O)O. The molecule has 0 aliphatic rings. The highest BCUT2D eigenvalue weighted by Gasteiger charge is 2.17. The van der Waals surface area contributed by atoms with Crippen LogP contribution in [0.1, 0.15) is 19.8 Å². The van der Waals surface area contributed by atoms with Gasteiger partial charge in [-0.25, -0.2) is 4.79 Å². The van der Waals surface area contributed by atoms with Crippen LogP contribution in [-0.2, 0) is 0 Å². The van der Waals surface area contributed by atoms with E-state index >= 15 is 0 Å². The standard InChI is InChI=1S/C10H23NO2Si/c1-5-6-7-11(10(12)13)8-9-14(2,3)4/h5-9H2,1-4H3,(H,12,13). The van der Waals surface area contributed by atoms with Crippen LogP contribution in [0.25, 0.3) is 0 Å². The zero-order chi connectivity index (χ0) is 11.2. The highest BCUT2D eigenvalue weighted by atomic mass is 28.3. The molecule has 0 rings (SSSR count). The predicted octanol–water partition coefficient (Wildman–Crippen LogP) is 3.10. The van der Waals surface area contributed by atoms with Crippen molar-refractivity contribution in [3.8, 4) is 0 Å². The Morgan fingerprint density at radius 1 is 1.29 bits per heavy atom. The van der Waals surface area contributed by atoms with Crippen LogP contribution in [0.5, 0.6) is 0 Å². The van der Waals surface area contributed by atoms with E-state index in [1.54, 1.807) is 4.90 Å².